The zero-order chi connectivity index (χ0) is 15.4. The van der Waals surface area contributed by atoms with E-state index >= 15 is 0 Å². The Morgan fingerprint density at radius 1 is 1.14 bits per heavy atom. The summed E-state index contributed by atoms with van der Waals surface area (Å²) < 4.78 is 10.8. The van der Waals surface area contributed by atoms with Crippen LogP contribution in [-0.2, 0) is 6.61 Å². The number of benzene rings is 1. The first-order valence-electron chi connectivity index (χ1n) is 6.60. The second-order valence-electron chi connectivity index (χ2n) is 4.84. The highest BCUT2D eigenvalue weighted by Gasteiger charge is 2.17. The largest absolute Gasteiger partial charge is 0.497 e. The van der Waals surface area contributed by atoms with Crippen LogP contribution in [0.1, 0.15) is 17.0 Å². The molecule has 0 saturated heterocycles. The number of aryl methyl sites for hydroxylation is 2. The van der Waals surface area contributed by atoms with Crippen molar-refractivity contribution in [3.05, 3.63) is 47.3 Å². The topological polar surface area (TPSA) is 71.8 Å². The Morgan fingerprint density at radius 2 is 1.90 bits per heavy atom. The van der Waals surface area contributed by atoms with Crippen molar-refractivity contribution in [1.82, 2.24) is 4.98 Å². The van der Waals surface area contributed by atoms with Crippen LogP contribution in [0.15, 0.2) is 30.3 Å². The Balaban J connectivity index is 2.18. The minimum absolute atomic E-state index is 0.223. The Kier molecular flexibility index (Phi) is 4.83. The van der Waals surface area contributed by atoms with Crippen LogP contribution in [0, 0.1) is 13.8 Å². The number of rotatable bonds is 5. The van der Waals surface area contributed by atoms with Crippen LogP contribution in [0.2, 0.25) is 0 Å². The molecule has 2 aromatic rings. The molecule has 0 aliphatic rings. The fraction of sp³-hybridized carbons (Fsp3) is 0.267. The van der Waals surface area contributed by atoms with Crippen LogP contribution in [-0.4, -0.2) is 29.3 Å². The first-order valence-corrected chi connectivity index (χ1v) is 6.60. The zero-order valence-electron chi connectivity index (χ0n) is 12.3. The predicted octanol–water partition coefficient (Wildman–Crippen LogP) is 0.966. The fourth-order valence-corrected chi connectivity index (χ4v) is 2.05. The molecule has 0 amide bonds. The average molecular weight is 287 g/mol. The van der Waals surface area contributed by atoms with Gasteiger partial charge in [-0.2, -0.15) is 0 Å². The van der Waals surface area contributed by atoms with Gasteiger partial charge in [-0.05, 0) is 19.9 Å². The second kappa shape index (κ2) is 6.60. The molecule has 0 aliphatic carbocycles. The Morgan fingerprint density at radius 3 is 2.57 bits per heavy atom. The Hall–Kier alpha value is -2.05. The monoisotopic (exact) mass is 287 g/mol. The standard InChI is InChI=1S/C15H18BNO4/c1-10-4-5-15(14(6-10)16(18)19)21-9-12-8-13(20-3)7-11(2)17-12/h4-8,18-19H,9H2,1-3H3. The van der Waals surface area contributed by atoms with E-state index in [2.05, 4.69) is 4.98 Å². The van der Waals surface area contributed by atoms with Crippen molar-refractivity contribution < 1.29 is 19.5 Å². The van der Waals surface area contributed by atoms with Gasteiger partial charge in [0.25, 0.3) is 0 Å². The normalized spacial score (nSPS) is 10.3. The van der Waals surface area contributed by atoms with E-state index in [1.54, 1.807) is 25.3 Å². The molecule has 0 fully saturated rings. The second-order valence-corrected chi connectivity index (χ2v) is 4.84. The lowest BCUT2D eigenvalue weighted by atomic mass is 9.79. The Labute approximate surface area is 124 Å². The molecule has 1 aromatic heterocycles. The lowest BCUT2D eigenvalue weighted by molar-refractivity contribution is 0.300. The lowest BCUT2D eigenvalue weighted by Gasteiger charge is -2.12. The van der Waals surface area contributed by atoms with Crippen molar-refractivity contribution in [3.63, 3.8) is 0 Å². The SMILES string of the molecule is COc1cc(C)nc(COc2ccc(C)cc2B(O)O)c1. The maximum absolute atomic E-state index is 9.39. The van der Waals surface area contributed by atoms with Crippen LogP contribution >= 0.6 is 0 Å². The number of hydrogen-bond donors (Lipinski definition) is 2. The molecule has 0 atom stereocenters. The number of nitrogens with zero attached hydrogens (tertiary/aromatic N) is 1. The van der Waals surface area contributed by atoms with E-state index in [1.807, 2.05) is 26.0 Å². The van der Waals surface area contributed by atoms with Gasteiger partial charge in [-0.25, -0.2) is 0 Å². The van der Waals surface area contributed by atoms with Gasteiger partial charge in [0.1, 0.15) is 18.1 Å². The van der Waals surface area contributed by atoms with E-state index in [0.29, 0.717) is 22.7 Å². The van der Waals surface area contributed by atoms with Gasteiger partial charge < -0.3 is 19.5 Å². The highest BCUT2D eigenvalue weighted by atomic mass is 16.5. The molecule has 110 valence electrons. The van der Waals surface area contributed by atoms with Crippen LogP contribution in [0.3, 0.4) is 0 Å². The molecule has 1 aromatic carbocycles. The molecule has 5 nitrogen and oxygen atoms in total. The minimum Gasteiger partial charge on any atom is -0.497 e. The summed E-state index contributed by atoms with van der Waals surface area (Å²) >= 11 is 0. The molecule has 21 heavy (non-hydrogen) atoms. The quantitative estimate of drug-likeness (QED) is 0.802. The van der Waals surface area contributed by atoms with Crippen LogP contribution in [0.25, 0.3) is 0 Å². The molecule has 0 unspecified atom stereocenters. The zero-order valence-corrected chi connectivity index (χ0v) is 12.3. The molecule has 6 heteroatoms. The third kappa shape index (κ3) is 3.96. The molecule has 0 bridgehead atoms. The van der Waals surface area contributed by atoms with Crippen LogP contribution < -0.4 is 14.9 Å². The van der Waals surface area contributed by atoms with E-state index in [9.17, 15) is 10.0 Å². The van der Waals surface area contributed by atoms with Crippen molar-refractivity contribution in [2.24, 2.45) is 0 Å². The Bertz CT molecular complexity index is 631. The van der Waals surface area contributed by atoms with Crippen molar-refractivity contribution in [1.29, 1.82) is 0 Å². The van der Waals surface area contributed by atoms with Crippen LogP contribution in [0.4, 0.5) is 0 Å². The molecular weight excluding hydrogens is 269 g/mol. The van der Waals surface area contributed by atoms with Crippen molar-refractivity contribution >= 4 is 12.6 Å². The average Bonchev–Trinajstić information content (AvgIpc) is 2.45. The molecule has 0 saturated carbocycles. The number of aromatic nitrogens is 1. The molecule has 2 rings (SSSR count). The summed E-state index contributed by atoms with van der Waals surface area (Å²) in [7, 11) is 0.0273. The summed E-state index contributed by atoms with van der Waals surface area (Å²) in [6, 6.07) is 8.88. The maximum Gasteiger partial charge on any atom is 0.492 e. The number of pyridine rings is 1. The smallest absolute Gasteiger partial charge is 0.492 e. The van der Waals surface area contributed by atoms with E-state index < -0.39 is 7.12 Å². The summed E-state index contributed by atoms with van der Waals surface area (Å²) in [5.74, 6) is 1.14. The van der Waals surface area contributed by atoms with Crippen molar-refractivity contribution in [2.45, 2.75) is 20.5 Å². The van der Waals surface area contributed by atoms with E-state index in [0.717, 1.165) is 11.3 Å². The minimum atomic E-state index is -1.57. The summed E-state index contributed by atoms with van der Waals surface area (Å²) in [4.78, 5) is 4.36. The number of ether oxygens (including phenoxy) is 2. The van der Waals surface area contributed by atoms with Gasteiger partial charge in [0.2, 0.25) is 0 Å². The molecule has 0 aliphatic heterocycles. The van der Waals surface area contributed by atoms with Crippen molar-refractivity contribution in [3.8, 4) is 11.5 Å². The van der Waals surface area contributed by atoms with Gasteiger partial charge in [-0.1, -0.05) is 17.7 Å². The molecule has 2 N–H and O–H groups in total. The lowest BCUT2D eigenvalue weighted by Crippen LogP contribution is -2.31. The highest BCUT2D eigenvalue weighted by molar-refractivity contribution is 6.59. The summed E-state index contributed by atoms with van der Waals surface area (Å²) in [6.45, 7) is 3.98. The van der Waals surface area contributed by atoms with Gasteiger partial charge in [0.15, 0.2) is 0 Å². The summed E-state index contributed by atoms with van der Waals surface area (Å²) in [5, 5.41) is 18.8. The number of methoxy groups -OCH3 is 1. The fourth-order valence-electron chi connectivity index (χ4n) is 2.05. The van der Waals surface area contributed by atoms with Crippen molar-refractivity contribution in [2.75, 3.05) is 7.11 Å². The first-order chi connectivity index (χ1) is 9.99. The molecule has 0 spiro atoms. The van der Waals surface area contributed by atoms with E-state index in [4.69, 9.17) is 9.47 Å². The predicted molar refractivity (Wildman–Crippen MR) is 80.9 cm³/mol. The number of hydrogen-bond acceptors (Lipinski definition) is 5. The van der Waals surface area contributed by atoms with Gasteiger partial charge in [0, 0.05) is 23.3 Å². The molecule has 0 radical (unpaired) electrons. The van der Waals surface area contributed by atoms with E-state index in [1.165, 1.54) is 0 Å². The first kappa shape index (κ1) is 15.3. The van der Waals surface area contributed by atoms with Gasteiger partial charge in [0.05, 0.1) is 12.8 Å². The maximum atomic E-state index is 9.39. The highest BCUT2D eigenvalue weighted by Crippen LogP contribution is 2.16. The molecular formula is C15H18BNO4. The van der Waals surface area contributed by atoms with Crippen LogP contribution in [0.5, 0.6) is 11.5 Å². The summed E-state index contributed by atoms with van der Waals surface area (Å²) in [5.41, 5.74) is 2.82. The summed E-state index contributed by atoms with van der Waals surface area (Å²) in [6.07, 6.45) is 0. The van der Waals surface area contributed by atoms with Gasteiger partial charge >= 0.3 is 7.12 Å². The van der Waals surface area contributed by atoms with Gasteiger partial charge in [-0.3, -0.25) is 4.98 Å². The van der Waals surface area contributed by atoms with E-state index in [-0.39, 0.29) is 6.61 Å². The van der Waals surface area contributed by atoms with Gasteiger partial charge in [-0.15, -0.1) is 0 Å². The third-order valence-electron chi connectivity index (χ3n) is 3.03. The third-order valence-corrected chi connectivity index (χ3v) is 3.03. The molecule has 1 heterocycles.